The van der Waals surface area contributed by atoms with Gasteiger partial charge in [-0.1, -0.05) is 61.9 Å². The van der Waals surface area contributed by atoms with Gasteiger partial charge in [0.25, 0.3) is 0 Å². The Balaban J connectivity index is 0.000000223. The molecule has 29 heavy (non-hydrogen) atoms. The van der Waals surface area contributed by atoms with Crippen molar-refractivity contribution in [2.75, 3.05) is 0 Å². The van der Waals surface area contributed by atoms with Crippen molar-refractivity contribution < 1.29 is 24.6 Å². The van der Waals surface area contributed by atoms with Gasteiger partial charge in [-0.2, -0.15) is 0 Å². The fraction of sp³-hybridized carbons (Fsp3) is 0.261. The van der Waals surface area contributed by atoms with Gasteiger partial charge in [0, 0.05) is 17.6 Å². The fourth-order valence-corrected chi connectivity index (χ4v) is 3.43. The zero-order chi connectivity index (χ0) is 21.4. The van der Waals surface area contributed by atoms with Crippen LogP contribution in [0.15, 0.2) is 60.2 Å². The summed E-state index contributed by atoms with van der Waals surface area (Å²) in [4.78, 5) is 31.8. The number of benzene rings is 2. The van der Waals surface area contributed by atoms with Crippen LogP contribution in [0.5, 0.6) is 0 Å². The maximum atomic E-state index is 11.0. The van der Waals surface area contributed by atoms with E-state index in [9.17, 15) is 14.4 Å². The molecule has 0 saturated heterocycles. The maximum absolute atomic E-state index is 11.0. The van der Waals surface area contributed by atoms with Crippen LogP contribution >= 0.6 is 0 Å². The van der Waals surface area contributed by atoms with Gasteiger partial charge in [0.15, 0.2) is 0 Å². The Bertz CT molecular complexity index is 887. The normalized spacial score (nSPS) is 12.4. The predicted molar refractivity (Wildman–Crippen MR) is 110 cm³/mol. The number of rotatable bonds is 7. The standard InChI is InChI=1S/C15H12O2.C8H13NO3/c16-15(17)9-14-12-7-3-1-5-10(12)11-6-2-4-8-13(11)14;1-2-3-4-6(8(11)12)5-7(9)10/h1-8,14H,9H2,(H,16,17);5H,2-4H2,1H3,(H2,9,10)(H,11,12)/b;6-5-. The van der Waals surface area contributed by atoms with Crippen molar-refractivity contribution in [1.82, 2.24) is 0 Å². The van der Waals surface area contributed by atoms with Gasteiger partial charge in [0.05, 0.1) is 6.42 Å². The van der Waals surface area contributed by atoms with Crippen molar-refractivity contribution in [2.24, 2.45) is 5.73 Å². The predicted octanol–water partition coefficient (Wildman–Crippen LogP) is 3.95. The molecule has 0 heterocycles. The lowest BCUT2D eigenvalue weighted by Gasteiger charge is -2.10. The zero-order valence-corrected chi connectivity index (χ0v) is 16.3. The number of carbonyl (C=O) groups is 3. The molecule has 4 N–H and O–H groups in total. The fourth-order valence-electron chi connectivity index (χ4n) is 3.43. The summed E-state index contributed by atoms with van der Waals surface area (Å²) in [5.74, 6) is -2.52. The largest absolute Gasteiger partial charge is 0.481 e. The van der Waals surface area contributed by atoms with Crippen LogP contribution in [0, 0.1) is 0 Å². The number of amides is 1. The van der Waals surface area contributed by atoms with Gasteiger partial charge in [-0.25, -0.2) is 4.79 Å². The molecule has 0 fully saturated rings. The molecule has 0 aliphatic heterocycles. The van der Waals surface area contributed by atoms with Crippen LogP contribution in [-0.4, -0.2) is 28.1 Å². The minimum absolute atomic E-state index is 0.0000926. The summed E-state index contributed by atoms with van der Waals surface area (Å²) < 4.78 is 0. The number of primary amides is 1. The van der Waals surface area contributed by atoms with E-state index in [2.05, 4.69) is 12.1 Å². The third-order valence-corrected chi connectivity index (χ3v) is 4.73. The molecule has 6 nitrogen and oxygen atoms in total. The summed E-state index contributed by atoms with van der Waals surface area (Å²) in [6, 6.07) is 16.1. The number of hydrogen-bond donors (Lipinski definition) is 3. The van der Waals surface area contributed by atoms with E-state index in [0.29, 0.717) is 6.42 Å². The van der Waals surface area contributed by atoms with Crippen molar-refractivity contribution in [2.45, 2.75) is 38.5 Å². The number of unbranched alkanes of at least 4 members (excludes halogenated alkanes) is 1. The quantitative estimate of drug-likeness (QED) is 0.614. The second kappa shape index (κ2) is 10.2. The Hall–Kier alpha value is -3.41. The summed E-state index contributed by atoms with van der Waals surface area (Å²) in [5.41, 5.74) is 9.53. The number of carboxylic acids is 2. The lowest BCUT2D eigenvalue weighted by molar-refractivity contribution is -0.137. The van der Waals surface area contributed by atoms with E-state index in [-0.39, 0.29) is 17.9 Å². The minimum atomic E-state index is -1.07. The van der Waals surface area contributed by atoms with Crippen molar-refractivity contribution in [3.05, 3.63) is 71.3 Å². The third-order valence-electron chi connectivity index (χ3n) is 4.73. The van der Waals surface area contributed by atoms with E-state index in [0.717, 1.165) is 30.0 Å². The molecule has 6 heteroatoms. The van der Waals surface area contributed by atoms with Crippen molar-refractivity contribution >= 4 is 17.8 Å². The smallest absolute Gasteiger partial charge is 0.331 e. The van der Waals surface area contributed by atoms with Gasteiger partial charge in [-0.15, -0.1) is 0 Å². The maximum Gasteiger partial charge on any atom is 0.331 e. The number of hydrogen-bond acceptors (Lipinski definition) is 3. The highest BCUT2D eigenvalue weighted by atomic mass is 16.4. The van der Waals surface area contributed by atoms with Crippen LogP contribution in [0.4, 0.5) is 0 Å². The molecule has 0 radical (unpaired) electrons. The lowest BCUT2D eigenvalue weighted by Crippen LogP contribution is -2.11. The molecule has 0 saturated carbocycles. The summed E-state index contributed by atoms with van der Waals surface area (Å²) in [7, 11) is 0. The molecule has 0 unspecified atom stereocenters. The van der Waals surface area contributed by atoms with Gasteiger partial charge in [-0.05, 0) is 35.1 Å². The second-order valence-electron chi connectivity index (χ2n) is 6.81. The first kappa shape index (κ1) is 21.9. The van der Waals surface area contributed by atoms with E-state index in [1.807, 2.05) is 43.3 Å². The van der Waals surface area contributed by atoms with Crippen molar-refractivity contribution in [1.29, 1.82) is 0 Å². The van der Waals surface area contributed by atoms with Crippen LogP contribution in [0.3, 0.4) is 0 Å². The third kappa shape index (κ3) is 5.78. The molecule has 0 spiro atoms. The molecule has 152 valence electrons. The highest BCUT2D eigenvalue weighted by molar-refractivity contribution is 5.96. The van der Waals surface area contributed by atoms with Crippen LogP contribution in [-0.2, 0) is 14.4 Å². The number of aliphatic carboxylic acids is 2. The van der Waals surface area contributed by atoms with E-state index in [1.165, 1.54) is 11.1 Å². The van der Waals surface area contributed by atoms with Crippen LogP contribution in [0.2, 0.25) is 0 Å². The SMILES string of the molecule is CCCC/C(=C/C(N)=O)C(=O)O.O=C(O)CC1c2ccccc2-c2ccccc21. The molecule has 2 aromatic rings. The van der Waals surface area contributed by atoms with Gasteiger partial charge in [0.2, 0.25) is 5.91 Å². The van der Waals surface area contributed by atoms with Crippen molar-refractivity contribution in [3.63, 3.8) is 0 Å². The molecule has 2 aromatic carbocycles. The number of carbonyl (C=O) groups excluding carboxylic acids is 1. The summed E-state index contributed by atoms with van der Waals surface area (Å²) >= 11 is 0. The molecule has 1 aliphatic carbocycles. The minimum Gasteiger partial charge on any atom is -0.481 e. The van der Waals surface area contributed by atoms with Crippen molar-refractivity contribution in [3.8, 4) is 11.1 Å². The highest BCUT2D eigenvalue weighted by Crippen LogP contribution is 2.45. The molecule has 3 rings (SSSR count). The van der Waals surface area contributed by atoms with E-state index >= 15 is 0 Å². The van der Waals surface area contributed by atoms with E-state index < -0.39 is 17.8 Å². The first-order valence-electron chi connectivity index (χ1n) is 9.48. The number of carboxylic acid groups (broad SMARTS) is 2. The zero-order valence-electron chi connectivity index (χ0n) is 16.3. The first-order chi connectivity index (χ1) is 13.8. The second-order valence-corrected chi connectivity index (χ2v) is 6.81. The average molecular weight is 395 g/mol. The first-order valence-corrected chi connectivity index (χ1v) is 9.48. The molecule has 0 bridgehead atoms. The Morgan fingerprint density at radius 2 is 1.48 bits per heavy atom. The average Bonchev–Trinajstić information content (AvgIpc) is 2.99. The van der Waals surface area contributed by atoms with E-state index in [1.54, 1.807) is 0 Å². The van der Waals surface area contributed by atoms with Crippen LogP contribution in [0.1, 0.15) is 49.7 Å². The Morgan fingerprint density at radius 3 is 1.90 bits per heavy atom. The number of nitrogens with two attached hydrogens (primary N) is 1. The Kier molecular flexibility index (Phi) is 7.71. The van der Waals surface area contributed by atoms with Gasteiger partial charge >= 0.3 is 11.9 Å². The molecule has 0 aromatic heterocycles. The Labute approximate surface area is 169 Å². The Morgan fingerprint density at radius 1 is 0.966 bits per heavy atom. The van der Waals surface area contributed by atoms with E-state index in [4.69, 9.17) is 15.9 Å². The van der Waals surface area contributed by atoms with Crippen LogP contribution in [0.25, 0.3) is 11.1 Å². The van der Waals surface area contributed by atoms with Gasteiger partial charge in [-0.3, -0.25) is 9.59 Å². The molecule has 1 aliphatic rings. The topological polar surface area (TPSA) is 118 Å². The summed E-state index contributed by atoms with van der Waals surface area (Å²) in [5, 5.41) is 17.6. The number of fused-ring (bicyclic) bond motifs is 3. The summed E-state index contributed by atoms with van der Waals surface area (Å²) in [6.45, 7) is 1.95. The monoisotopic (exact) mass is 395 g/mol. The molecule has 0 atom stereocenters. The molecule has 1 amide bonds. The molecular formula is C23H25NO5. The lowest BCUT2D eigenvalue weighted by atomic mass is 9.94. The van der Waals surface area contributed by atoms with Gasteiger partial charge < -0.3 is 15.9 Å². The highest BCUT2D eigenvalue weighted by Gasteiger charge is 2.29. The van der Waals surface area contributed by atoms with Gasteiger partial charge in [0.1, 0.15) is 0 Å². The molecular weight excluding hydrogens is 370 g/mol. The van der Waals surface area contributed by atoms with Crippen LogP contribution < -0.4 is 5.73 Å². The summed E-state index contributed by atoms with van der Waals surface area (Å²) in [6.07, 6.45) is 3.18.